The molecule has 0 aliphatic heterocycles. The molecule has 1 aromatic carbocycles. The van der Waals surface area contributed by atoms with Gasteiger partial charge in [0, 0.05) is 6.07 Å². The molecule has 0 saturated heterocycles. The molecule has 25 heavy (non-hydrogen) atoms. The summed E-state index contributed by atoms with van der Waals surface area (Å²) < 4.78 is 5.75. The molecule has 3 rings (SSSR count). The molecule has 128 valence electrons. The topological polar surface area (TPSA) is 121 Å². The summed E-state index contributed by atoms with van der Waals surface area (Å²) in [4.78, 5) is 31.6. The number of furan rings is 1. The van der Waals surface area contributed by atoms with Gasteiger partial charge in [-0.05, 0) is 18.2 Å². The summed E-state index contributed by atoms with van der Waals surface area (Å²) in [5.74, 6) is 0.148. The van der Waals surface area contributed by atoms with Gasteiger partial charge in [-0.3, -0.25) is 9.89 Å². The standard InChI is InChI=1S/C15H12N4O5S/c1-23-19(22)10-5-3-2-4-9(10)11-6-7-12(24-11)14-16-15(18-17-14)25-8-13(20)21/h2-7H,8H2,1H3,(H-,16,17,18,20,21,22)/p+1. The molecule has 0 bridgehead atoms. The van der Waals surface area contributed by atoms with Gasteiger partial charge in [-0.25, -0.2) is 4.84 Å². The Labute approximate surface area is 145 Å². The summed E-state index contributed by atoms with van der Waals surface area (Å²) in [5, 5.41) is 15.6. The van der Waals surface area contributed by atoms with E-state index in [1.54, 1.807) is 36.4 Å². The van der Waals surface area contributed by atoms with Crippen LogP contribution in [0.15, 0.2) is 46.0 Å². The van der Waals surface area contributed by atoms with Crippen LogP contribution in [0.1, 0.15) is 0 Å². The average Bonchev–Trinajstić information content (AvgIpc) is 3.28. The second-order valence-corrected chi connectivity index (χ2v) is 5.71. The highest BCUT2D eigenvalue weighted by molar-refractivity contribution is 7.99. The maximum Gasteiger partial charge on any atom is 0.327 e. The van der Waals surface area contributed by atoms with Crippen LogP contribution >= 0.6 is 11.8 Å². The minimum atomic E-state index is -0.950. The van der Waals surface area contributed by atoms with Crippen LogP contribution in [0, 0.1) is 4.91 Å². The Hall–Kier alpha value is -3.14. The molecule has 0 aliphatic rings. The summed E-state index contributed by atoms with van der Waals surface area (Å²) in [7, 11) is 1.28. The van der Waals surface area contributed by atoms with Crippen molar-refractivity contribution >= 4 is 23.4 Å². The van der Waals surface area contributed by atoms with E-state index < -0.39 is 5.97 Å². The molecular formula is C15H13N4O5S+. The number of carboxylic acid groups (broad SMARTS) is 1. The number of rotatable bonds is 7. The van der Waals surface area contributed by atoms with Crippen LogP contribution in [0.2, 0.25) is 0 Å². The van der Waals surface area contributed by atoms with Crippen molar-refractivity contribution in [3.05, 3.63) is 41.3 Å². The highest BCUT2D eigenvalue weighted by Gasteiger charge is 2.23. The van der Waals surface area contributed by atoms with Gasteiger partial charge in [0.25, 0.3) is 4.92 Å². The van der Waals surface area contributed by atoms with E-state index in [0.717, 1.165) is 11.8 Å². The second kappa shape index (κ2) is 7.18. The number of hydrogen-bond acceptors (Lipinski definition) is 7. The lowest BCUT2D eigenvalue weighted by Crippen LogP contribution is -1.99. The number of nitrogens with zero attached hydrogens (tertiary/aromatic N) is 3. The van der Waals surface area contributed by atoms with Crippen LogP contribution < -0.4 is 0 Å². The van der Waals surface area contributed by atoms with Crippen molar-refractivity contribution in [2.24, 2.45) is 0 Å². The molecular weight excluding hydrogens is 348 g/mol. The number of nitrogens with one attached hydrogen (secondary N) is 1. The molecule has 0 saturated carbocycles. The Morgan fingerprint density at radius 2 is 2.08 bits per heavy atom. The number of aromatic nitrogens is 3. The fourth-order valence-electron chi connectivity index (χ4n) is 2.10. The van der Waals surface area contributed by atoms with Gasteiger partial charge < -0.3 is 9.52 Å². The van der Waals surface area contributed by atoms with Crippen molar-refractivity contribution in [3.63, 3.8) is 0 Å². The van der Waals surface area contributed by atoms with Gasteiger partial charge in [-0.1, -0.05) is 23.9 Å². The van der Waals surface area contributed by atoms with Crippen LogP contribution in [-0.2, 0) is 9.63 Å². The Bertz CT molecular complexity index is 920. The second-order valence-electron chi connectivity index (χ2n) is 4.77. The van der Waals surface area contributed by atoms with Gasteiger partial charge in [0.05, 0.1) is 16.2 Å². The first-order valence-corrected chi connectivity index (χ1v) is 8.05. The summed E-state index contributed by atoms with van der Waals surface area (Å²) in [6.45, 7) is 0. The summed E-state index contributed by atoms with van der Waals surface area (Å²) >= 11 is 0.997. The van der Waals surface area contributed by atoms with Crippen molar-refractivity contribution in [1.29, 1.82) is 0 Å². The smallest absolute Gasteiger partial charge is 0.327 e. The molecule has 0 amide bonds. The minimum absolute atomic E-state index is 0.134. The molecule has 0 aliphatic carbocycles. The van der Waals surface area contributed by atoms with E-state index in [-0.39, 0.29) is 5.75 Å². The quantitative estimate of drug-likeness (QED) is 0.487. The predicted molar refractivity (Wildman–Crippen MR) is 88.2 cm³/mol. The zero-order valence-electron chi connectivity index (χ0n) is 13.0. The van der Waals surface area contributed by atoms with Crippen molar-refractivity contribution in [2.75, 3.05) is 12.9 Å². The number of aromatic amines is 1. The molecule has 10 heteroatoms. The number of thioether (sulfide) groups is 1. The molecule has 2 N–H and O–H groups in total. The van der Waals surface area contributed by atoms with Crippen molar-refractivity contribution in [2.45, 2.75) is 5.16 Å². The maximum atomic E-state index is 11.8. The van der Waals surface area contributed by atoms with Crippen molar-refractivity contribution < 1.29 is 24.1 Å². The molecule has 0 radical (unpaired) electrons. The average molecular weight is 361 g/mol. The number of para-hydroxylation sites is 1. The first kappa shape index (κ1) is 16.7. The fourth-order valence-corrected chi connectivity index (χ4v) is 2.62. The zero-order chi connectivity index (χ0) is 17.8. The fraction of sp³-hybridized carbons (Fsp3) is 0.133. The lowest BCUT2D eigenvalue weighted by atomic mass is 10.1. The lowest BCUT2D eigenvalue weighted by molar-refractivity contribution is -0.736. The molecule has 2 aromatic heterocycles. The Morgan fingerprint density at radius 1 is 1.32 bits per heavy atom. The van der Waals surface area contributed by atoms with E-state index in [1.165, 1.54) is 7.11 Å². The lowest BCUT2D eigenvalue weighted by Gasteiger charge is -1.97. The monoisotopic (exact) mass is 361 g/mol. The zero-order valence-corrected chi connectivity index (χ0v) is 13.8. The number of H-pyrrole nitrogens is 1. The third-order valence-corrected chi connectivity index (χ3v) is 3.99. The first-order chi connectivity index (χ1) is 12.1. The molecule has 3 aromatic rings. The Balaban J connectivity index is 1.86. The number of benzene rings is 1. The van der Waals surface area contributed by atoms with Gasteiger partial charge >= 0.3 is 11.7 Å². The van der Waals surface area contributed by atoms with Gasteiger partial charge in [-0.2, -0.15) is 4.98 Å². The van der Waals surface area contributed by atoms with Gasteiger partial charge in [0.2, 0.25) is 5.16 Å². The number of hydrogen-bond donors (Lipinski definition) is 2. The van der Waals surface area contributed by atoms with Gasteiger partial charge in [0.1, 0.15) is 5.76 Å². The van der Waals surface area contributed by atoms with Crippen LogP contribution in [-0.4, -0.2) is 44.0 Å². The Morgan fingerprint density at radius 3 is 2.84 bits per heavy atom. The molecule has 0 fully saturated rings. The number of carboxylic acids is 1. The van der Waals surface area contributed by atoms with Crippen LogP contribution in [0.5, 0.6) is 0 Å². The largest absolute Gasteiger partial charge is 0.481 e. The summed E-state index contributed by atoms with van der Waals surface area (Å²) in [5.41, 5.74) is 0.867. The summed E-state index contributed by atoms with van der Waals surface area (Å²) in [6.07, 6.45) is 0. The molecule has 0 atom stereocenters. The van der Waals surface area contributed by atoms with E-state index >= 15 is 0 Å². The predicted octanol–water partition coefficient (Wildman–Crippen LogP) is 2.88. The highest BCUT2D eigenvalue weighted by atomic mass is 32.2. The minimum Gasteiger partial charge on any atom is -0.481 e. The number of carbonyl (C=O) groups is 1. The highest BCUT2D eigenvalue weighted by Crippen LogP contribution is 2.33. The first-order valence-electron chi connectivity index (χ1n) is 7.06. The third-order valence-electron chi connectivity index (χ3n) is 3.16. The third kappa shape index (κ3) is 3.69. The molecule has 0 spiro atoms. The molecule has 0 unspecified atom stereocenters. The SMILES string of the molecule is CO[N+](=O)c1ccccc1-c1ccc(-c2nc(SCC(=O)O)n[nH]2)o1. The number of aliphatic carboxylic acids is 1. The molecule has 2 heterocycles. The van der Waals surface area contributed by atoms with Crippen molar-refractivity contribution in [1.82, 2.24) is 15.2 Å². The van der Waals surface area contributed by atoms with Gasteiger partial charge in [-0.15, -0.1) is 5.10 Å². The van der Waals surface area contributed by atoms with E-state index in [4.69, 9.17) is 14.4 Å². The normalized spacial score (nSPS) is 10.6. The van der Waals surface area contributed by atoms with Gasteiger partial charge in [0.15, 0.2) is 18.7 Å². The molecule has 9 nitrogen and oxygen atoms in total. The van der Waals surface area contributed by atoms with Crippen molar-refractivity contribution in [3.8, 4) is 22.9 Å². The van der Waals surface area contributed by atoms with E-state index in [1.807, 2.05) is 0 Å². The van der Waals surface area contributed by atoms with Crippen LogP contribution in [0.4, 0.5) is 5.69 Å². The van der Waals surface area contributed by atoms with E-state index in [0.29, 0.717) is 38.7 Å². The summed E-state index contributed by atoms with van der Waals surface area (Å²) in [6, 6.07) is 10.2. The van der Waals surface area contributed by atoms with Crippen LogP contribution in [0.3, 0.4) is 0 Å². The maximum absolute atomic E-state index is 11.8. The van der Waals surface area contributed by atoms with E-state index in [2.05, 4.69) is 15.2 Å². The van der Waals surface area contributed by atoms with Crippen LogP contribution in [0.25, 0.3) is 22.9 Å². The Kier molecular flexibility index (Phi) is 4.80. The van der Waals surface area contributed by atoms with E-state index in [9.17, 15) is 9.70 Å².